The van der Waals surface area contributed by atoms with E-state index in [4.69, 9.17) is 10.5 Å². The lowest BCUT2D eigenvalue weighted by Crippen LogP contribution is -2.55. The smallest absolute Gasteiger partial charge is 0.243 e. The maximum Gasteiger partial charge on any atom is 0.243 e. The fraction of sp³-hybridized carbons (Fsp3) is 0.562. The molecule has 0 aliphatic carbocycles. The molecule has 0 aliphatic heterocycles. The van der Waals surface area contributed by atoms with Gasteiger partial charge in [-0.1, -0.05) is 44.2 Å². The number of hydrogen-bond donors (Lipinski definition) is 1. The maximum atomic E-state index is 12.7. The van der Waals surface area contributed by atoms with Gasteiger partial charge >= 0.3 is 0 Å². The number of nitrogens with two attached hydrogens (primary N) is 1. The first-order valence-electron chi connectivity index (χ1n) is 7.18. The number of amides is 1. The van der Waals surface area contributed by atoms with Crippen molar-refractivity contribution in [2.75, 3.05) is 20.3 Å². The molecule has 4 heteroatoms. The van der Waals surface area contributed by atoms with E-state index in [1.165, 1.54) is 0 Å². The van der Waals surface area contributed by atoms with Gasteiger partial charge in [0.25, 0.3) is 0 Å². The quantitative estimate of drug-likeness (QED) is 0.793. The first-order chi connectivity index (χ1) is 9.57. The number of carbonyl (C=O) groups is 1. The summed E-state index contributed by atoms with van der Waals surface area (Å²) < 4.78 is 5.11. The predicted octanol–water partition coefficient (Wildman–Crippen LogP) is 2.18. The van der Waals surface area contributed by atoms with Crippen molar-refractivity contribution in [2.24, 2.45) is 5.73 Å². The third kappa shape index (κ3) is 4.32. The van der Waals surface area contributed by atoms with Crippen LogP contribution in [-0.2, 0) is 16.1 Å². The number of hydrogen-bond acceptors (Lipinski definition) is 3. The minimum atomic E-state index is -0.775. The van der Waals surface area contributed by atoms with Gasteiger partial charge in [-0.05, 0) is 18.4 Å². The molecule has 1 rings (SSSR count). The molecule has 2 N–H and O–H groups in total. The molecule has 0 fully saturated rings. The first-order valence-corrected chi connectivity index (χ1v) is 7.18. The molecule has 112 valence electrons. The van der Waals surface area contributed by atoms with Gasteiger partial charge in [-0.25, -0.2) is 0 Å². The van der Waals surface area contributed by atoms with Gasteiger partial charge in [-0.15, -0.1) is 0 Å². The van der Waals surface area contributed by atoms with Crippen molar-refractivity contribution in [2.45, 2.75) is 38.8 Å². The molecule has 1 aromatic rings. The SMILES string of the molecule is CCC(N)(CC)C(=O)N(CCOC)Cc1ccccc1. The van der Waals surface area contributed by atoms with Crippen molar-refractivity contribution in [3.05, 3.63) is 35.9 Å². The van der Waals surface area contributed by atoms with Gasteiger partial charge in [0, 0.05) is 20.2 Å². The summed E-state index contributed by atoms with van der Waals surface area (Å²) in [7, 11) is 1.64. The van der Waals surface area contributed by atoms with Crippen LogP contribution < -0.4 is 5.73 Å². The van der Waals surface area contributed by atoms with Crippen LogP contribution in [-0.4, -0.2) is 36.6 Å². The fourth-order valence-electron chi connectivity index (χ4n) is 2.13. The lowest BCUT2D eigenvalue weighted by molar-refractivity contribution is -0.138. The van der Waals surface area contributed by atoms with E-state index in [-0.39, 0.29) is 5.91 Å². The Morgan fingerprint density at radius 3 is 2.35 bits per heavy atom. The molecule has 0 atom stereocenters. The Hall–Kier alpha value is -1.39. The lowest BCUT2D eigenvalue weighted by atomic mass is 9.92. The summed E-state index contributed by atoms with van der Waals surface area (Å²) in [5, 5.41) is 0. The summed E-state index contributed by atoms with van der Waals surface area (Å²) in [4.78, 5) is 14.5. The zero-order valence-corrected chi connectivity index (χ0v) is 12.8. The van der Waals surface area contributed by atoms with Crippen LogP contribution >= 0.6 is 0 Å². The highest BCUT2D eigenvalue weighted by atomic mass is 16.5. The minimum absolute atomic E-state index is 0.00315. The monoisotopic (exact) mass is 278 g/mol. The van der Waals surface area contributed by atoms with E-state index < -0.39 is 5.54 Å². The molecule has 0 unspecified atom stereocenters. The average Bonchev–Trinajstić information content (AvgIpc) is 2.50. The molecule has 20 heavy (non-hydrogen) atoms. The Bertz CT molecular complexity index is 402. The van der Waals surface area contributed by atoms with Crippen molar-refractivity contribution >= 4 is 5.91 Å². The molecule has 0 heterocycles. The third-order valence-corrected chi connectivity index (χ3v) is 3.76. The number of methoxy groups -OCH3 is 1. The molecule has 0 saturated carbocycles. The summed E-state index contributed by atoms with van der Waals surface area (Å²) >= 11 is 0. The summed E-state index contributed by atoms with van der Waals surface area (Å²) in [6, 6.07) is 9.95. The zero-order valence-electron chi connectivity index (χ0n) is 12.8. The van der Waals surface area contributed by atoms with Crippen molar-refractivity contribution < 1.29 is 9.53 Å². The second-order valence-corrected chi connectivity index (χ2v) is 5.07. The largest absolute Gasteiger partial charge is 0.383 e. The number of ether oxygens (including phenoxy) is 1. The van der Waals surface area contributed by atoms with Crippen LogP contribution in [0.15, 0.2) is 30.3 Å². The van der Waals surface area contributed by atoms with E-state index in [0.717, 1.165) is 5.56 Å². The van der Waals surface area contributed by atoms with E-state index in [2.05, 4.69) is 0 Å². The third-order valence-electron chi connectivity index (χ3n) is 3.76. The number of nitrogens with zero attached hydrogens (tertiary/aromatic N) is 1. The Kier molecular flexibility index (Phi) is 6.68. The van der Waals surface area contributed by atoms with Crippen LogP contribution in [0.4, 0.5) is 0 Å². The van der Waals surface area contributed by atoms with Crippen LogP contribution in [0.2, 0.25) is 0 Å². The number of rotatable bonds is 8. The molecule has 1 aromatic carbocycles. The maximum absolute atomic E-state index is 12.7. The standard InChI is InChI=1S/C16H26N2O2/c1-4-16(17,5-2)15(19)18(11-12-20-3)13-14-9-7-6-8-10-14/h6-10H,4-5,11-13,17H2,1-3H3. The van der Waals surface area contributed by atoms with E-state index in [1.54, 1.807) is 12.0 Å². The van der Waals surface area contributed by atoms with Crippen LogP contribution in [0.5, 0.6) is 0 Å². The van der Waals surface area contributed by atoms with Crippen molar-refractivity contribution in [1.29, 1.82) is 0 Å². The van der Waals surface area contributed by atoms with E-state index in [9.17, 15) is 4.79 Å². The molecule has 1 amide bonds. The Balaban J connectivity index is 2.85. The molecule has 0 aromatic heterocycles. The Morgan fingerprint density at radius 2 is 1.85 bits per heavy atom. The first kappa shape index (κ1) is 16.7. The molecule has 0 bridgehead atoms. The van der Waals surface area contributed by atoms with Crippen LogP contribution in [0.3, 0.4) is 0 Å². The Morgan fingerprint density at radius 1 is 1.25 bits per heavy atom. The summed E-state index contributed by atoms with van der Waals surface area (Å²) in [6.07, 6.45) is 1.28. The lowest BCUT2D eigenvalue weighted by Gasteiger charge is -2.33. The van der Waals surface area contributed by atoms with E-state index >= 15 is 0 Å². The average molecular weight is 278 g/mol. The van der Waals surface area contributed by atoms with E-state index in [0.29, 0.717) is 32.5 Å². The van der Waals surface area contributed by atoms with Crippen LogP contribution in [0.1, 0.15) is 32.3 Å². The van der Waals surface area contributed by atoms with Crippen LogP contribution in [0, 0.1) is 0 Å². The van der Waals surface area contributed by atoms with Gasteiger partial charge in [-0.2, -0.15) is 0 Å². The Labute approximate surface area is 121 Å². The summed E-state index contributed by atoms with van der Waals surface area (Å²) in [6.45, 7) is 5.56. The van der Waals surface area contributed by atoms with Gasteiger partial charge in [0.05, 0.1) is 12.1 Å². The molecule has 0 aliphatic rings. The minimum Gasteiger partial charge on any atom is -0.383 e. The summed E-state index contributed by atoms with van der Waals surface area (Å²) in [5.41, 5.74) is 6.56. The molecular weight excluding hydrogens is 252 g/mol. The zero-order chi connectivity index (χ0) is 15.0. The predicted molar refractivity (Wildman–Crippen MR) is 81.2 cm³/mol. The van der Waals surface area contributed by atoms with E-state index in [1.807, 2.05) is 44.2 Å². The van der Waals surface area contributed by atoms with Gasteiger partial charge in [-0.3, -0.25) is 4.79 Å². The van der Waals surface area contributed by atoms with Gasteiger partial charge in [0.15, 0.2) is 0 Å². The highest BCUT2D eigenvalue weighted by molar-refractivity contribution is 5.86. The van der Waals surface area contributed by atoms with Crippen molar-refractivity contribution in [1.82, 2.24) is 4.90 Å². The second-order valence-electron chi connectivity index (χ2n) is 5.07. The summed E-state index contributed by atoms with van der Waals surface area (Å²) in [5.74, 6) is 0.00315. The van der Waals surface area contributed by atoms with Crippen molar-refractivity contribution in [3.8, 4) is 0 Å². The topological polar surface area (TPSA) is 55.6 Å². The van der Waals surface area contributed by atoms with Crippen LogP contribution in [0.25, 0.3) is 0 Å². The van der Waals surface area contributed by atoms with Gasteiger partial charge < -0.3 is 15.4 Å². The number of benzene rings is 1. The highest BCUT2D eigenvalue weighted by Gasteiger charge is 2.33. The van der Waals surface area contributed by atoms with Crippen molar-refractivity contribution in [3.63, 3.8) is 0 Å². The van der Waals surface area contributed by atoms with Gasteiger partial charge in [0.1, 0.15) is 0 Å². The molecule has 0 spiro atoms. The molecule has 0 radical (unpaired) electrons. The highest BCUT2D eigenvalue weighted by Crippen LogP contribution is 2.17. The molecule has 0 saturated heterocycles. The van der Waals surface area contributed by atoms with Gasteiger partial charge in [0.2, 0.25) is 5.91 Å². The molecule has 4 nitrogen and oxygen atoms in total. The second kappa shape index (κ2) is 8.02. The number of carbonyl (C=O) groups excluding carboxylic acids is 1. The molecular formula is C16H26N2O2. The fourth-order valence-corrected chi connectivity index (χ4v) is 2.13. The normalized spacial score (nSPS) is 11.4.